The van der Waals surface area contributed by atoms with E-state index in [4.69, 9.17) is 0 Å². The summed E-state index contributed by atoms with van der Waals surface area (Å²) in [6, 6.07) is 39.5. The first-order chi connectivity index (χ1) is 26.2. The van der Waals surface area contributed by atoms with Crippen molar-refractivity contribution in [1.82, 2.24) is 0 Å². The number of carboxylic acid groups (broad SMARTS) is 1. The second-order valence-electron chi connectivity index (χ2n) is 12.4. The Morgan fingerprint density at radius 2 is 0.870 bits per heavy atom. The van der Waals surface area contributed by atoms with Crippen LogP contribution in [0.15, 0.2) is 143 Å². The quantitative estimate of drug-likeness (QED) is 0.102. The van der Waals surface area contributed by atoms with E-state index in [1.54, 1.807) is 89.2 Å². The molecule has 54 heavy (non-hydrogen) atoms. The minimum absolute atomic E-state index is 0.292. The van der Waals surface area contributed by atoms with E-state index in [0.29, 0.717) is 45.9 Å². The van der Waals surface area contributed by atoms with E-state index in [9.17, 15) is 29.1 Å². The minimum atomic E-state index is -1.01. The molecule has 6 aromatic carbocycles. The molecule has 0 unspecified atom stereocenters. The summed E-state index contributed by atoms with van der Waals surface area (Å²) >= 11 is 2.76. The maximum absolute atomic E-state index is 13.0. The van der Waals surface area contributed by atoms with Gasteiger partial charge in [0.25, 0.3) is 23.6 Å². The van der Waals surface area contributed by atoms with Gasteiger partial charge in [0, 0.05) is 27.1 Å². The second kappa shape index (κ2) is 14.2. The fourth-order valence-electron chi connectivity index (χ4n) is 6.69. The minimum Gasteiger partial charge on any atom is -0.480 e. The van der Waals surface area contributed by atoms with Crippen LogP contribution in [0.25, 0.3) is 10.8 Å². The Kier molecular flexibility index (Phi) is 9.14. The molecular weight excluding hydrogens is 721 g/mol. The van der Waals surface area contributed by atoms with Crippen molar-refractivity contribution < 1.29 is 29.1 Å². The highest BCUT2D eigenvalue weighted by atomic mass is 32.2. The molecule has 12 heteroatoms. The summed E-state index contributed by atoms with van der Waals surface area (Å²) in [7, 11) is 0. The molecule has 2 heterocycles. The zero-order chi connectivity index (χ0) is 37.5. The van der Waals surface area contributed by atoms with Gasteiger partial charge in [-0.15, -0.1) is 0 Å². The number of hydrogen-bond acceptors (Lipinski definition) is 9. The van der Waals surface area contributed by atoms with Crippen molar-refractivity contribution in [2.24, 2.45) is 0 Å². The van der Waals surface area contributed by atoms with Crippen molar-refractivity contribution in [2.45, 2.75) is 16.7 Å². The zero-order valence-corrected chi connectivity index (χ0v) is 30.3. The van der Waals surface area contributed by atoms with Gasteiger partial charge in [0.1, 0.15) is 6.54 Å². The summed E-state index contributed by atoms with van der Waals surface area (Å²) in [6.07, 6.45) is 0. The zero-order valence-electron chi connectivity index (χ0n) is 28.7. The number of benzene rings is 6. The molecular formula is C42H30N4O6S2. The van der Waals surface area contributed by atoms with Crippen molar-refractivity contribution in [1.29, 1.82) is 0 Å². The Labute approximate surface area is 318 Å². The Morgan fingerprint density at radius 3 is 1.24 bits per heavy atom. The molecule has 10 nitrogen and oxygen atoms in total. The van der Waals surface area contributed by atoms with Crippen molar-refractivity contribution in [3.63, 3.8) is 0 Å². The number of carbonyl (C=O) groups excluding carboxylic acids is 4. The molecule has 4 amide bonds. The third-order valence-electron chi connectivity index (χ3n) is 9.19. The van der Waals surface area contributed by atoms with Crippen LogP contribution >= 0.6 is 23.9 Å². The van der Waals surface area contributed by atoms with E-state index in [-0.39, 0.29) is 30.2 Å². The molecule has 1 N–H and O–H groups in total. The Morgan fingerprint density at radius 1 is 0.519 bits per heavy atom. The Balaban J connectivity index is 1.03. The van der Waals surface area contributed by atoms with Crippen molar-refractivity contribution in [3.8, 4) is 0 Å². The number of imide groups is 2. The van der Waals surface area contributed by atoms with E-state index in [1.807, 2.05) is 55.5 Å². The van der Waals surface area contributed by atoms with E-state index in [2.05, 4.69) is 4.31 Å². The predicted octanol–water partition coefficient (Wildman–Crippen LogP) is 8.57. The Hall–Kier alpha value is -6.37. The Bertz CT molecular complexity index is 2440. The molecule has 6 aromatic rings. The average molecular weight is 751 g/mol. The third-order valence-corrected chi connectivity index (χ3v) is 11.4. The molecule has 0 saturated heterocycles. The highest BCUT2D eigenvalue weighted by Gasteiger charge is 2.37. The van der Waals surface area contributed by atoms with Gasteiger partial charge < -0.3 is 13.7 Å². The molecule has 0 bridgehead atoms. The van der Waals surface area contributed by atoms with Gasteiger partial charge in [-0.05, 0) is 116 Å². The summed E-state index contributed by atoms with van der Waals surface area (Å²) in [5.74, 6) is -2.45. The lowest BCUT2D eigenvalue weighted by Crippen LogP contribution is -2.29. The molecule has 0 saturated carbocycles. The van der Waals surface area contributed by atoms with Crippen LogP contribution in [-0.2, 0) is 4.79 Å². The van der Waals surface area contributed by atoms with E-state index in [0.717, 1.165) is 31.2 Å². The highest BCUT2D eigenvalue weighted by molar-refractivity contribution is 8.01. The lowest BCUT2D eigenvalue weighted by Gasteiger charge is -2.27. The lowest BCUT2D eigenvalue weighted by atomic mass is 10.1. The molecule has 0 radical (unpaired) electrons. The van der Waals surface area contributed by atoms with Gasteiger partial charge >= 0.3 is 5.97 Å². The molecule has 8 rings (SSSR count). The van der Waals surface area contributed by atoms with Crippen LogP contribution in [0.4, 0.5) is 22.7 Å². The lowest BCUT2D eigenvalue weighted by molar-refractivity contribution is -0.135. The van der Waals surface area contributed by atoms with Crippen LogP contribution in [0.3, 0.4) is 0 Å². The summed E-state index contributed by atoms with van der Waals surface area (Å²) in [4.78, 5) is 68.2. The summed E-state index contributed by atoms with van der Waals surface area (Å²) in [6.45, 7) is 2.39. The smallest absolute Gasteiger partial charge is 0.324 e. The molecule has 2 aliphatic heterocycles. The highest BCUT2D eigenvalue weighted by Crippen LogP contribution is 2.42. The van der Waals surface area contributed by atoms with Gasteiger partial charge in [-0.3, -0.25) is 24.0 Å². The summed E-state index contributed by atoms with van der Waals surface area (Å²) < 4.78 is 3.85. The van der Waals surface area contributed by atoms with Crippen molar-refractivity contribution in [2.75, 3.05) is 31.5 Å². The van der Waals surface area contributed by atoms with Gasteiger partial charge in [0.15, 0.2) is 0 Å². The van der Waals surface area contributed by atoms with Crippen LogP contribution in [-0.4, -0.2) is 47.8 Å². The topological polar surface area (TPSA) is 119 Å². The molecule has 0 aromatic heterocycles. The van der Waals surface area contributed by atoms with Gasteiger partial charge in [-0.2, -0.15) is 0 Å². The fraction of sp³-hybridized carbons (Fsp3) is 0.0714. The standard InChI is InChI=1S/C42H30N4O6S2/c1-2-43(53-28-19-15-26(16-20-28)45-39(49)32-11-5-6-12-33(32)40(45)50)36-23-24-37(31-10-4-3-9-30(31)36)44(25-38(47)48)54-29-21-17-27(18-22-29)46-41(51)34-13-7-8-14-35(34)42(46)52/h3-24H,2,25H2,1H3,(H,47,48). The first-order valence-corrected chi connectivity index (χ1v) is 18.6. The van der Waals surface area contributed by atoms with E-state index < -0.39 is 5.97 Å². The van der Waals surface area contributed by atoms with Crippen LogP contribution in [0, 0.1) is 0 Å². The SMILES string of the molecule is CCN(Sc1ccc(N2C(=O)c3ccccc3C2=O)cc1)c1ccc(N(CC(=O)O)Sc2ccc(N3C(=O)c4ccccc4C3=O)cc2)c2ccccc12. The number of amides is 4. The molecule has 0 atom stereocenters. The summed E-state index contributed by atoms with van der Waals surface area (Å²) in [5.41, 5.74) is 4.08. The monoisotopic (exact) mass is 750 g/mol. The van der Waals surface area contributed by atoms with E-state index in [1.165, 1.54) is 28.8 Å². The summed E-state index contributed by atoms with van der Waals surface area (Å²) in [5, 5.41) is 11.7. The molecule has 2 aliphatic rings. The van der Waals surface area contributed by atoms with Gasteiger partial charge in [0.2, 0.25) is 0 Å². The predicted molar refractivity (Wildman–Crippen MR) is 212 cm³/mol. The number of carboxylic acids is 1. The number of carbonyl (C=O) groups is 5. The van der Waals surface area contributed by atoms with E-state index >= 15 is 0 Å². The number of fused-ring (bicyclic) bond motifs is 3. The molecule has 0 aliphatic carbocycles. The van der Waals surface area contributed by atoms with Crippen molar-refractivity contribution in [3.05, 3.63) is 156 Å². The molecule has 0 fully saturated rings. The van der Waals surface area contributed by atoms with Crippen LogP contribution < -0.4 is 18.4 Å². The second-order valence-corrected chi connectivity index (χ2v) is 14.6. The van der Waals surface area contributed by atoms with Gasteiger partial charge in [-0.25, -0.2) is 9.80 Å². The van der Waals surface area contributed by atoms with Crippen LogP contribution in [0.1, 0.15) is 48.4 Å². The first-order valence-electron chi connectivity index (χ1n) is 17.0. The van der Waals surface area contributed by atoms with Crippen molar-refractivity contribution >= 4 is 87.0 Å². The number of nitrogens with zero attached hydrogens (tertiary/aromatic N) is 4. The average Bonchev–Trinajstić information content (AvgIpc) is 3.60. The number of anilines is 4. The van der Waals surface area contributed by atoms with Gasteiger partial charge in [-0.1, -0.05) is 48.5 Å². The third kappa shape index (κ3) is 6.14. The maximum Gasteiger partial charge on any atom is 0.324 e. The largest absolute Gasteiger partial charge is 0.480 e. The number of aliphatic carboxylic acids is 1. The molecule has 0 spiro atoms. The number of hydrogen-bond donors (Lipinski definition) is 1. The number of rotatable bonds is 11. The fourth-order valence-corrected chi connectivity index (χ4v) is 8.53. The van der Waals surface area contributed by atoms with Crippen LogP contribution in [0.5, 0.6) is 0 Å². The molecule has 266 valence electrons. The van der Waals surface area contributed by atoms with Crippen LogP contribution in [0.2, 0.25) is 0 Å². The first kappa shape index (κ1) is 34.7. The normalized spacial score (nSPS) is 13.4. The maximum atomic E-state index is 13.0. The van der Waals surface area contributed by atoms with Gasteiger partial charge in [0.05, 0.1) is 45.0 Å².